The summed E-state index contributed by atoms with van der Waals surface area (Å²) in [7, 11) is 2.02. The van der Waals surface area contributed by atoms with Crippen molar-refractivity contribution in [2.24, 2.45) is 13.0 Å². The topological polar surface area (TPSA) is 58.4 Å². The highest BCUT2D eigenvalue weighted by Crippen LogP contribution is 2.35. The van der Waals surface area contributed by atoms with Gasteiger partial charge in [0.15, 0.2) is 0 Å². The molecule has 2 amide bonds. The molecule has 2 atom stereocenters. The summed E-state index contributed by atoms with van der Waals surface area (Å²) in [6.07, 6.45) is 2.26. The van der Waals surface area contributed by atoms with Crippen molar-refractivity contribution in [1.29, 1.82) is 0 Å². The number of benzene rings is 1. The molecule has 6 nitrogen and oxygen atoms in total. The molecule has 2 saturated heterocycles. The fourth-order valence-electron chi connectivity index (χ4n) is 4.24. The maximum absolute atomic E-state index is 13.1. The van der Waals surface area contributed by atoms with Crippen LogP contribution in [-0.2, 0) is 16.6 Å². The Hall–Kier alpha value is -2.37. The zero-order chi connectivity index (χ0) is 17.6. The van der Waals surface area contributed by atoms with Crippen molar-refractivity contribution in [1.82, 2.24) is 19.4 Å². The quantitative estimate of drug-likeness (QED) is 0.860. The van der Waals surface area contributed by atoms with Crippen molar-refractivity contribution < 1.29 is 9.59 Å². The van der Waals surface area contributed by atoms with Crippen LogP contribution >= 0.6 is 0 Å². The highest BCUT2D eigenvalue weighted by Gasteiger charge is 2.40. The zero-order valence-electron chi connectivity index (χ0n) is 14.8. The number of carbonyl (C=O) groups excluding carboxylic acids is 2. The Morgan fingerprint density at radius 2 is 2.12 bits per heavy atom. The van der Waals surface area contributed by atoms with E-state index < -0.39 is 0 Å². The van der Waals surface area contributed by atoms with Gasteiger partial charge in [0, 0.05) is 33.1 Å². The van der Waals surface area contributed by atoms with Gasteiger partial charge in [-0.3, -0.25) is 9.59 Å². The molecule has 3 heterocycles. The van der Waals surface area contributed by atoms with Crippen molar-refractivity contribution >= 4 is 22.8 Å². The van der Waals surface area contributed by atoms with Crippen LogP contribution in [0.5, 0.6) is 0 Å². The normalized spacial score (nSPS) is 23.8. The van der Waals surface area contributed by atoms with Crippen LogP contribution in [0.25, 0.3) is 11.0 Å². The molecule has 0 aliphatic carbocycles. The Morgan fingerprint density at radius 3 is 2.84 bits per heavy atom. The summed E-state index contributed by atoms with van der Waals surface area (Å²) in [4.78, 5) is 33.6. The summed E-state index contributed by atoms with van der Waals surface area (Å²) < 4.78 is 2.10. The maximum atomic E-state index is 13.1. The minimum absolute atomic E-state index is 0.00989. The second-order valence-corrected chi connectivity index (χ2v) is 7.04. The number of aryl methyl sites for hydroxylation is 1. The van der Waals surface area contributed by atoms with Crippen molar-refractivity contribution in [3.05, 3.63) is 30.1 Å². The number of hydrogen-bond donors (Lipinski definition) is 0. The Balaban J connectivity index is 1.61. The molecule has 6 heteroatoms. The van der Waals surface area contributed by atoms with E-state index in [4.69, 9.17) is 4.98 Å². The smallest absolute Gasteiger partial charge is 0.228 e. The second kappa shape index (κ2) is 6.17. The molecule has 2 aliphatic rings. The van der Waals surface area contributed by atoms with E-state index >= 15 is 0 Å². The SMILES string of the molecule is CCN1C[C@@H](C(=O)N2CCC[C@@H]2c2nc3ccccc3n2C)CC1=O. The summed E-state index contributed by atoms with van der Waals surface area (Å²) >= 11 is 0. The Labute approximate surface area is 147 Å². The fraction of sp³-hybridized carbons (Fsp3) is 0.526. The molecule has 0 bridgehead atoms. The Morgan fingerprint density at radius 1 is 1.32 bits per heavy atom. The second-order valence-electron chi connectivity index (χ2n) is 7.04. The molecule has 0 N–H and O–H groups in total. The van der Waals surface area contributed by atoms with Crippen LogP contribution in [0.2, 0.25) is 0 Å². The number of likely N-dealkylation sites (tertiary alicyclic amines) is 2. The van der Waals surface area contributed by atoms with Crippen LogP contribution in [0.15, 0.2) is 24.3 Å². The summed E-state index contributed by atoms with van der Waals surface area (Å²) in [6, 6.07) is 8.07. The first-order valence-electron chi connectivity index (χ1n) is 9.09. The monoisotopic (exact) mass is 340 g/mol. The van der Waals surface area contributed by atoms with Crippen molar-refractivity contribution in [3.63, 3.8) is 0 Å². The Kier molecular flexibility index (Phi) is 3.98. The van der Waals surface area contributed by atoms with Gasteiger partial charge < -0.3 is 14.4 Å². The van der Waals surface area contributed by atoms with Crippen LogP contribution in [-0.4, -0.2) is 50.8 Å². The number of aromatic nitrogens is 2. The number of para-hydroxylation sites is 2. The maximum Gasteiger partial charge on any atom is 0.228 e. The van der Waals surface area contributed by atoms with Gasteiger partial charge in [0.05, 0.1) is 23.0 Å². The van der Waals surface area contributed by atoms with Crippen LogP contribution < -0.4 is 0 Å². The third-order valence-electron chi connectivity index (χ3n) is 5.60. The average Bonchev–Trinajstić information content (AvgIpc) is 3.32. The van der Waals surface area contributed by atoms with Crippen molar-refractivity contribution in [2.75, 3.05) is 19.6 Å². The predicted molar refractivity (Wildman–Crippen MR) is 94.8 cm³/mol. The Bertz CT molecular complexity index is 828. The molecule has 132 valence electrons. The van der Waals surface area contributed by atoms with Crippen LogP contribution in [0.1, 0.15) is 38.1 Å². The van der Waals surface area contributed by atoms with Gasteiger partial charge in [-0.25, -0.2) is 4.98 Å². The fourth-order valence-corrected chi connectivity index (χ4v) is 4.24. The summed E-state index contributed by atoms with van der Waals surface area (Å²) in [6.45, 7) is 3.95. The molecule has 0 radical (unpaired) electrons. The molecule has 2 aliphatic heterocycles. The van der Waals surface area contributed by atoms with E-state index in [1.807, 2.05) is 37.1 Å². The van der Waals surface area contributed by atoms with Gasteiger partial charge in [-0.15, -0.1) is 0 Å². The van der Waals surface area contributed by atoms with Gasteiger partial charge in [0.2, 0.25) is 11.8 Å². The highest BCUT2D eigenvalue weighted by molar-refractivity contribution is 5.89. The number of hydrogen-bond acceptors (Lipinski definition) is 3. The van der Waals surface area contributed by atoms with E-state index in [0.717, 1.165) is 36.2 Å². The van der Waals surface area contributed by atoms with Crippen LogP contribution in [0.3, 0.4) is 0 Å². The number of nitrogens with zero attached hydrogens (tertiary/aromatic N) is 4. The lowest BCUT2D eigenvalue weighted by atomic mass is 10.1. The lowest BCUT2D eigenvalue weighted by Crippen LogP contribution is -2.37. The molecule has 25 heavy (non-hydrogen) atoms. The molecule has 2 fully saturated rings. The number of amides is 2. The first-order valence-corrected chi connectivity index (χ1v) is 9.09. The molecule has 0 spiro atoms. The minimum atomic E-state index is -0.206. The van der Waals surface area contributed by atoms with Gasteiger partial charge in [-0.05, 0) is 31.9 Å². The van der Waals surface area contributed by atoms with Crippen molar-refractivity contribution in [2.45, 2.75) is 32.2 Å². The van der Waals surface area contributed by atoms with E-state index in [2.05, 4.69) is 10.6 Å². The lowest BCUT2D eigenvalue weighted by Gasteiger charge is -2.27. The number of carbonyl (C=O) groups is 2. The van der Waals surface area contributed by atoms with Gasteiger partial charge in [0.25, 0.3) is 0 Å². The third-order valence-corrected chi connectivity index (χ3v) is 5.60. The third kappa shape index (κ3) is 2.60. The van der Waals surface area contributed by atoms with E-state index in [9.17, 15) is 9.59 Å². The number of imidazole rings is 1. The van der Waals surface area contributed by atoms with Gasteiger partial charge in [0.1, 0.15) is 5.82 Å². The molecule has 4 rings (SSSR count). The van der Waals surface area contributed by atoms with E-state index in [-0.39, 0.29) is 23.8 Å². The summed E-state index contributed by atoms with van der Waals surface area (Å²) in [5.41, 5.74) is 2.05. The van der Waals surface area contributed by atoms with Gasteiger partial charge in [-0.1, -0.05) is 12.1 Å². The standard InChI is InChI=1S/C19H24N4O2/c1-3-22-12-13(11-17(22)24)19(25)23-10-6-9-16(23)18-20-14-7-4-5-8-15(14)21(18)2/h4-5,7-8,13,16H,3,6,9-12H2,1-2H3/t13-,16+/m0/s1. The molecule has 2 aromatic rings. The van der Waals surface area contributed by atoms with Gasteiger partial charge >= 0.3 is 0 Å². The first-order chi connectivity index (χ1) is 12.1. The largest absolute Gasteiger partial charge is 0.342 e. The lowest BCUT2D eigenvalue weighted by molar-refractivity contribution is -0.136. The molecule has 0 saturated carbocycles. The highest BCUT2D eigenvalue weighted by atomic mass is 16.2. The summed E-state index contributed by atoms with van der Waals surface area (Å²) in [5.74, 6) is 0.949. The van der Waals surface area contributed by atoms with E-state index in [0.29, 0.717) is 19.5 Å². The summed E-state index contributed by atoms with van der Waals surface area (Å²) in [5, 5.41) is 0. The van der Waals surface area contributed by atoms with Gasteiger partial charge in [-0.2, -0.15) is 0 Å². The molecule has 1 aromatic heterocycles. The van der Waals surface area contributed by atoms with Crippen LogP contribution in [0.4, 0.5) is 0 Å². The van der Waals surface area contributed by atoms with Crippen molar-refractivity contribution in [3.8, 4) is 0 Å². The average molecular weight is 340 g/mol. The number of fused-ring (bicyclic) bond motifs is 1. The first kappa shape index (κ1) is 16.1. The van der Waals surface area contributed by atoms with Crippen LogP contribution in [0, 0.1) is 5.92 Å². The molecule has 0 unspecified atom stereocenters. The molecular weight excluding hydrogens is 316 g/mol. The predicted octanol–water partition coefficient (Wildman–Crippen LogP) is 2.11. The zero-order valence-corrected chi connectivity index (χ0v) is 14.8. The van der Waals surface area contributed by atoms with E-state index in [1.165, 1.54) is 0 Å². The minimum Gasteiger partial charge on any atom is -0.342 e. The number of rotatable bonds is 3. The van der Waals surface area contributed by atoms with E-state index in [1.54, 1.807) is 4.90 Å². The molecule has 1 aromatic carbocycles. The molecular formula is C19H24N4O2.